The Kier molecular flexibility index (Phi) is 4.82. The van der Waals surface area contributed by atoms with Gasteiger partial charge in [-0.15, -0.1) is 0 Å². The Balaban J connectivity index is 1.72. The zero-order chi connectivity index (χ0) is 17.1. The van der Waals surface area contributed by atoms with Gasteiger partial charge in [0.1, 0.15) is 11.7 Å². The first-order valence-electron chi connectivity index (χ1n) is 8.48. The van der Waals surface area contributed by atoms with Crippen LogP contribution in [0.1, 0.15) is 46.5 Å². The van der Waals surface area contributed by atoms with Crippen LogP contribution in [0.5, 0.6) is 0 Å². The summed E-state index contributed by atoms with van der Waals surface area (Å²) in [7, 11) is 0. The van der Waals surface area contributed by atoms with Crippen molar-refractivity contribution in [3.8, 4) is 0 Å². The van der Waals surface area contributed by atoms with Gasteiger partial charge in [0.25, 0.3) is 0 Å². The lowest BCUT2D eigenvalue weighted by Crippen LogP contribution is -2.53. The average Bonchev–Trinajstić information content (AvgIpc) is 3.10. The van der Waals surface area contributed by atoms with Gasteiger partial charge >= 0.3 is 0 Å². The maximum absolute atomic E-state index is 7.73. The summed E-state index contributed by atoms with van der Waals surface area (Å²) in [5.41, 5.74) is 4.01. The van der Waals surface area contributed by atoms with Gasteiger partial charge in [-0.3, -0.25) is 10.5 Å². The number of fused-ring (bicyclic) bond motifs is 2. The summed E-state index contributed by atoms with van der Waals surface area (Å²) < 4.78 is 0. The smallest absolute Gasteiger partial charge is 0.221 e. The van der Waals surface area contributed by atoms with Gasteiger partial charge in [-0.25, -0.2) is 5.43 Å². The second-order valence-electron chi connectivity index (χ2n) is 6.77. The number of H-pyrrole nitrogens is 1. The predicted octanol–water partition coefficient (Wildman–Crippen LogP) is 2.16. The van der Waals surface area contributed by atoms with Crippen molar-refractivity contribution in [1.29, 1.82) is 5.41 Å². The highest BCUT2D eigenvalue weighted by atomic mass is 15.5. The van der Waals surface area contributed by atoms with Crippen LogP contribution in [0.4, 0.5) is 5.82 Å². The molecule has 8 nitrogen and oxygen atoms in total. The van der Waals surface area contributed by atoms with Crippen LogP contribution in [0.25, 0.3) is 0 Å². The molecule has 3 atom stereocenters. The molecule has 2 fully saturated rings. The Morgan fingerprint density at radius 1 is 1.29 bits per heavy atom. The third-order valence-electron chi connectivity index (χ3n) is 4.49. The van der Waals surface area contributed by atoms with E-state index in [-0.39, 0.29) is 0 Å². The van der Waals surface area contributed by atoms with Gasteiger partial charge in [0.15, 0.2) is 0 Å². The molecule has 3 rings (SSSR count). The third-order valence-corrected chi connectivity index (χ3v) is 4.49. The number of rotatable bonds is 3. The summed E-state index contributed by atoms with van der Waals surface area (Å²) in [4.78, 5) is 6.71. The van der Waals surface area contributed by atoms with Crippen LogP contribution in [0.3, 0.4) is 0 Å². The topological polar surface area (TPSA) is 105 Å². The standard InChI is InChI=1S/C16H26N8/c1-10(2)21-23-16(19-11(3)17)24-13-4-5-14(24)9-12(8-13)20-15-6-7-18-22-15/h6-7,12-14H,4-5,8-9H2,1-3H3,(H2,17,19,23)(H2,18,20,22)/t12-,13+,14?/m0/s1. The number of aliphatic imine (C=N–C) groups is 1. The molecule has 0 amide bonds. The highest BCUT2D eigenvalue weighted by molar-refractivity contribution is 5.94. The molecule has 8 heteroatoms. The molecule has 0 aliphatic carbocycles. The molecule has 0 saturated carbocycles. The molecule has 24 heavy (non-hydrogen) atoms. The number of anilines is 1. The number of nitrogens with one attached hydrogen (secondary N) is 4. The molecule has 130 valence electrons. The van der Waals surface area contributed by atoms with Crippen LogP contribution in [0.2, 0.25) is 0 Å². The molecule has 3 heterocycles. The van der Waals surface area contributed by atoms with E-state index >= 15 is 0 Å². The number of guanidine groups is 1. The van der Waals surface area contributed by atoms with Crippen LogP contribution in [0, 0.1) is 5.41 Å². The Bertz CT molecular complexity index is 615. The molecule has 0 radical (unpaired) electrons. The molecule has 1 aromatic rings. The first-order valence-corrected chi connectivity index (χ1v) is 8.48. The van der Waals surface area contributed by atoms with E-state index in [1.54, 1.807) is 13.1 Å². The molecule has 4 N–H and O–H groups in total. The van der Waals surface area contributed by atoms with Crippen molar-refractivity contribution in [1.82, 2.24) is 20.5 Å². The lowest BCUT2D eigenvalue weighted by atomic mass is 9.97. The van der Waals surface area contributed by atoms with Gasteiger partial charge in [0, 0.05) is 23.8 Å². The minimum Gasteiger partial charge on any atom is -0.368 e. The van der Waals surface area contributed by atoms with Crippen molar-refractivity contribution in [2.75, 3.05) is 5.32 Å². The molecule has 0 spiro atoms. The van der Waals surface area contributed by atoms with Crippen LogP contribution in [0.15, 0.2) is 22.4 Å². The molecule has 2 aliphatic heterocycles. The molecular formula is C16H26N8. The number of amidine groups is 1. The Labute approximate surface area is 142 Å². The summed E-state index contributed by atoms with van der Waals surface area (Å²) in [5, 5.41) is 22.5. The maximum Gasteiger partial charge on any atom is 0.221 e. The van der Waals surface area contributed by atoms with E-state index in [2.05, 4.69) is 35.9 Å². The van der Waals surface area contributed by atoms with E-state index in [1.807, 2.05) is 19.9 Å². The van der Waals surface area contributed by atoms with Crippen LogP contribution >= 0.6 is 0 Å². The second-order valence-corrected chi connectivity index (χ2v) is 6.77. The third kappa shape index (κ3) is 3.74. The van der Waals surface area contributed by atoms with Crippen molar-refractivity contribution >= 4 is 23.3 Å². The van der Waals surface area contributed by atoms with Crippen molar-refractivity contribution in [3.63, 3.8) is 0 Å². The van der Waals surface area contributed by atoms with Gasteiger partial charge in [-0.1, -0.05) is 0 Å². The number of nitrogens with zero attached hydrogens (tertiary/aromatic N) is 4. The minimum atomic E-state index is 0.290. The van der Waals surface area contributed by atoms with E-state index in [4.69, 9.17) is 5.41 Å². The van der Waals surface area contributed by atoms with Crippen molar-refractivity contribution < 1.29 is 0 Å². The fourth-order valence-electron chi connectivity index (χ4n) is 3.66. The molecule has 2 saturated heterocycles. The molecule has 2 aliphatic rings. The number of hydrogen-bond acceptors (Lipinski definition) is 4. The summed E-state index contributed by atoms with van der Waals surface area (Å²) >= 11 is 0. The quantitative estimate of drug-likeness (QED) is 0.387. The fourth-order valence-corrected chi connectivity index (χ4v) is 3.66. The van der Waals surface area contributed by atoms with E-state index < -0.39 is 0 Å². The molecule has 1 unspecified atom stereocenters. The summed E-state index contributed by atoms with van der Waals surface area (Å²) in [6.45, 7) is 5.58. The lowest BCUT2D eigenvalue weighted by Gasteiger charge is -2.40. The molecule has 2 bridgehead atoms. The fraction of sp³-hybridized carbons (Fsp3) is 0.625. The lowest BCUT2D eigenvalue weighted by molar-refractivity contribution is 0.217. The molecule has 1 aromatic heterocycles. The normalized spacial score (nSPS) is 26.2. The predicted molar refractivity (Wildman–Crippen MR) is 96.6 cm³/mol. The van der Waals surface area contributed by atoms with Crippen LogP contribution < -0.4 is 10.7 Å². The highest BCUT2D eigenvalue weighted by Gasteiger charge is 2.42. The van der Waals surface area contributed by atoms with Gasteiger partial charge in [0.05, 0.1) is 6.20 Å². The monoisotopic (exact) mass is 330 g/mol. The van der Waals surface area contributed by atoms with Crippen molar-refractivity contribution in [2.45, 2.75) is 64.6 Å². The van der Waals surface area contributed by atoms with E-state index in [0.717, 1.165) is 37.2 Å². The summed E-state index contributed by atoms with van der Waals surface area (Å²) in [6, 6.07) is 3.22. The summed E-state index contributed by atoms with van der Waals surface area (Å²) in [5.74, 6) is 1.97. The van der Waals surface area contributed by atoms with Gasteiger partial charge in [0.2, 0.25) is 5.96 Å². The number of hydrogen-bond donors (Lipinski definition) is 4. The van der Waals surface area contributed by atoms with Crippen LogP contribution in [-0.4, -0.2) is 50.7 Å². The molecule has 0 aromatic carbocycles. The first-order chi connectivity index (χ1) is 11.5. The minimum absolute atomic E-state index is 0.290. The second kappa shape index (κ2) is 7.02. The number of aromatic nitrogens is 2. The number of aromatic amines is 1. The molecular weight excluding hydrogens is 304 g/mol. The Morgan fingerprint density at radius 2 is 2.00 bits per heavy atom. The van der Waals surface area contributed by atoms with E-state index in [0.29, 0.717) is 29.9 Å². The Hall–Kier alpha value is -2.38. The SMILES string of the molecule is CC(=N)/N=C(\NN=C(C)C)N1C2CC[C@@H]1C[C@H](Nc1ccn[nH]1)C2. The zero-order valence-corrected chi connectivity index (χ0v) is 14.5. The number of piperidine rings is 1. The van der Waals surface area contributed by atoms with Crippen molar-refractivity contribution in [3.05, 3.63) is 12.3 Å². The average molecular weight is 330 g/mol. The summed E-state index contributed by atoms with van der Waals surface area (Å²) in [6.07, 6.45) is 6.15. The Morgan fingerprint density at radius 3 is 2.54 bits per heavy atom. The maximum atomic E-state index is 7.73. The van der Waals surface area contributed by atoms with Gasteiger partial charge < -0.3 is 10.2 Å². The van der Waals surface area contributed by atoms with E-state index in [1.165, 1.54) is 0 Å². The van der Waals surface area contributed by atoms with Crippen LogP contribution in [-0.2, 0) is 0 Å². The zero-order valence-electron chi connectivity index (χ0n) is 14.5. The largest absolute Gasteiger partial charge is 0.368 e. The van der Waals surface area contributed by atoms with Gasteiger partial charge in [-0.05, 0) is 52.5 Å². The highest BCUT2D eigenvalue weighted by Crippen LogP contribution is 2.36. The first kappa shape index (κ1) is 16.5. The van der Waals surface area contributed by atoms with Crippen molar-refractivity contribution in [2.24, 2.45) is 10.1 Å². The van der Waals surface area contributed by atoms with Gasteiger partial charge in [-0.2, -0.15) is 15.2 Å². The van der Waals surface area contributed by atoms with E-state index in [9.17, 15) is 0 Å². The number of hydrazone groups is 1.